The van der Waals surface area contributed by atoms with E-state index in [-0.39, 0.29) is 0 Å². The molecule has 0 unspecified atom stereocenters. The number of hydrogen-bond donors (Lipinski definition) is 1. The second-order valence-electron chi connectivity index (χ2n) is 6.30. The van der Waals surface area contributed by atoms with E-state index < -0.39 is 0 Å². The van der Waals surface area contributed by atoms with Crippen LogP contribution < -0.4 is 4.74 Å². The van der Waals surface area contributed by atoms with Gasteiger partial charge in [0.1, 0.15) is 5.75 Å². The van der Waals surface area contributed by atoms with Crippen LogP contribution in [0.5, 0.6) is 5.75 Å². The third-order valence-corrected chi connectivity index (χ3v) is 4.89. The lowest BCUT2D eigenvalue weighted by atomic mass is 9.87. The van der Waals surface area contributed by atoms with Crippen LogP contribution in [0.3, 0.4) is 0 Å². The van der Waals surface area contributed by atoms with Crippen LogP contribution in [0.25, 0.3) is 0 Å². The maximum Gasteiger partial charge on any atom is 0.119 e. The van der Waals surface area contributed by atoms with E-state index >= 15 is 0 Å². The molecule has 1 N–H and O–H groups in total. The lowest BCUT2D eigenvalue weighted by Crippen LogP contribution is -2.39. The van der Waals surface area contributed by atoms with Crippen LogP contribution >= 0.6 is 0 Å². The van der Waals surface area contributed by atoms with Crippen molar-refractivity contribution in [1.82, 2.24) is 4.90 Å². The fourth-order valence-electron chi connectivity index (χ4n) is 3.53. The molecule has 0 aliphatic heterocycles. The van der Waals surface area contributed by atoms with Gasteiger partial charge in [0.15, 0.2) is 0 Å². The van der Waals surface area contributed by atoms with E-state index in [1.165, 1.54) is 43.4 Å². The highest BCUT2D eigenvalue weighted by molar-refractivity contribution is 5.37. The molecule has 0 saturated heterocycles. The smallest absolute Gasteiger partial charge is 0.119 e. The van der Waals surface area contributed by atoms with Gasteiger partial charge in [0.2, 0.25) is 0 Å². The Morgan fingerprint density at radius 3 is 2.73 bits per heavy atom. The van der Waals surface area contributed by atoms with Crippen LogP contribution in [0.4, 0.5) is 0 Å². The number of rotatable bonds is 9. The molecular formula is C19H31NO2. The first-order valence-corrected chi connectivity index (χ1v) is 8.79. The molecule has 1 aliphatic carbocycles. The Morgan fingerprint density at radius 2 is 2.00 bits per heavy atom. The summed E-state index contributed by atoms with van der Waals surface area (Å²) in [5, 5.41) is 8.84. The van der Waals surface area contributed by atoms with Crippen molar-refractivity contribution in [2.24, 2.45) is 0 Å². The highest BCUT2D eigenvalue weighted by atomic mass is 16.5. The molecular weight excluding hydrogens is 274 g/mol. The molecule has 0 amide bonds. The number of aliphatic hydroxyl groups is 1. The first kappa shape index (κ1) is 17.3. The summed E-state index contributed by atoms with van der Waals surface area (Å²) < 4.78 is 5.33. The maximum atomic E-state index is 8.84. The zero-order valence-electron chi connectivity index (χ0n) is 14.2. The van der Waals surface area contributed by atoms with Crippen molar-refractivity contribution in [3.63, 3.8) is 0 Å². The predicted molar refractivity (Wildman–Crippen MR) is 91.6 cm³/mol. The summed E-state index contributed by atoms with van der Waals surface area (Å²) in [4.78, 5) is 2.64. The summed E-state index contributed by atoms with van der Waals surface area (Å²) in [7, 11) is 1.74. The zero-order valence-corrected chi connectivity index (χ0v) is 14.2. The second kappa shape index (κ2) is 9.16. The van der Waals surface area contributed by atoms with Gasteiger partial charge in [0, 0.05) is 12.6 Å². The summed E-state index contributed by atoms with van der Waals surface area (Å²) in [6.07, 6.45) is 8.18. The average molecular weight is 305 g/mol. The number of aliphatic hydroxyl groups excluding tert-OH is 1. The van der Waals surface area contributed by atoms with Gasteiger partial charge in [0.25, 0.3) is 0 Å². The number of nitrogens with zero attached hydrogens (tertiary/aromatic N) is 1. The minimum Gasteiger partial charge on any atom is -0.497 e. The molecule has 0 saturated carbocycles. The number of benzene rings is 1. The molecule has 1 aliphatic rings. The normalized spacial score (nSPS) is 17.5. The van der Waals surface area contributed by atoms with E-state index in [0.717, 1.165) is 31.6 Å². The lowest BCUT2D eigenvalue weighted by Gasteiger charge is -2.34. The van der Waals surface area contributed by atoms with Gasteiger partial charge in [-0.15, -0.1) is 0 Å². The molecule has 0 bridgehead atoms. The Kier molecular flexibility index (Phi) is 7.20. The van der Waals surface area contributed by atoms with E-state index in [9.17, 15) is 0 Å². The predicted octanol–water partition coefficient (Wildman–Crippen LogP) is 3.43. The Balaban J connectivity index is 1.86. The monoisotopic (exact) mass is 305 g/mol. The molecule has 22 heavy (non-hydrogen) atoms. The number of fused-ring (bicyclic) bond motifs is 1. The van der Waals surface area contributed by atoms with Crippen molar-refractivity contribution < 1.29 is 9.84 Å². The molecule has 0 fully saturated rings. The number of unbranched alkanes of at least 4 members (excludes halogenated alkanes) is 3. The first-order chi connectivity index (χ1) is 10.8. The molecule has 1 aromatic rings. The fourth-order valence-corrected chi connectivity index (χ4v) is 3.53. The summed E-state index contributed by atoms with van der Waals surface area (Å²) in [6.45, 7) is 4.94. The molecule has 0 radical (unpaired) electrons. The highest BCUT2D eigenvalue weighted by Gasteiger charge is 2.23. The average Bonchev–Trinajstić information content (AvgIpc) is 2.57. The number of methoxy groups -OCH3 is 1. The molecule has 3 nitrogen and oxygen atoms in total. The molecule has 1 atom stereocenters. The summed E-state index contributed by atoms with van der Waals surface area (Å²) >= 11 is 0. The Labute approximate surface area is 135 Å². The van der Waals surface area contributed by atoms with Crippen LogP contribution in [-0.4, -0.2) is 42.9 Å². The van der Waals surface area contributed by atoms with Gasteiger partial charge in [-0.25, -0.2) is 0 Å². The summed E-state index contributed by atoms with van der Waals surface area (Å²) in [5.41, 5.74) is 2.96. The SMILES string of the molecule is CCN(CCCCCCO)[C@@H]1CCc2cc(OC)ccc2C1. The zero-order chi connectivity index (χ0) is 15.8. The Morgan fingerprint density at radius 1 is 1.18 bits per heavy atom. The Bertz CT molecular complexity index is 447. The van der Waals surface area contributed by atoms with Crippen LogP contribution in [-0.2, 0) is 12.8 Å². The molecule has 0 spiro atoms. The van der Waals surface area contributed by atoms with Gasteiger partial charge in [-0.1, -0.05) is 25.8 Å². The molecule has 124 valence electrons. The maximum absolute atomic E-state index is 8.84. The van der Waals surface area contributed by atoms with Crippen molar-refractivity contribution in [1.29, 1.82) is 0 Å². The lowest BCUT2D eigenvalue weighted by molar-refractivity contribution is 0.184. The molecule has 1 aromatic carbocycles. The largest absolute Gasteiger partial charge is 0.497 e. The van der Waals surface area contributed by atoms with Crippen molar-refractivity contribution >= 4 is 0 Å². The fraction of sp³-hybridized carbons (Fsp3) is 0.684. The number of hydrogen-bond acceptors (Lipinski definition) is 3. The van der Waals surface area contributed by atoms with E-state index in [1.807, 2.05) is 0 Å². The number of aryl methyl sites for hydroxylation is 1. The van der Waals surface area contributed by atoms with E-state index in [2.05, 4.69) is 30.0 Å². The standard InChI is InChI=1S/C19H31NO2/c1-3-20(12-6-4-5-7-13-21)18-10-8-17-15-19(22-2)11-9-16(17)14-18/h9,11,15,18,21H,3-8,10,12-14H2,1-2H3/t18-/m1/s1. The van der Waals surface area contributed by atoms with Crippen molar-refractivity contribution in [3.8, 4) is 5.75 Å². The molecule has 3 heteroatoms. The topological polar surface area (TPSA) is 32.7 Å². The number of likely N-dealkylation sites (N-methyl/N-ethyl adjacent to an activating group) is 1. The quantitative estimate of drug-likeness (QED) is 0.710. The van der Waals surface area contributed by atoms with Crippen molar-refractivity contribution in [2.75, 3.05) is 26.8 Å². The third kappa shape index (κ3) is 4.72. The molecule has 0 heterocycles. The van der Waals surface area contributed by atoms with Gasteiger partial charge >= 0.3 is 0 Å². The van der Waals surface area contributed by atoms with Gasteiger partial charge in [-0.2, -0.15) is 0 Å². The van der Waals surface area contributed by atoms with Gasteiger partial charge in [-0.05, 0) is 68.5 Å². The Hall–Kier alpha value is -1.06. The third-order valence-electron chi connectivity index (χ3n) is 4.89. The van der Waals surface area contributed by atoms with Crippen LogP contribution in [0.15, 0.2) is 18.2 Å². The van der Waals surface area contributed by atoms with Crippen LogP contribution in [0.2, 0.25) is 0 Å². The molecule has 0 aromatic heterocycles. The first-order valence-electron chi connectivity index (χ1n) is 8.79. The minimum absolute atomic E-state index is 0.334. The number of ether oxygens (including phenoxy) is 1. The van der Waals surface area contributed by atoms with Crippen LogP contribution in [0, 0.1) is 0 Å². The summed E-state index contributed by atoms with van der Waals surface area (Å²) in [6, 6.07) is 7.22. The van der Waals surface area contributed by atoms with Crippen molar-refractivity contribution in [2.45, 2.75) is 57.9 Å². The minimum atomic E-state index is 0.334. The van der Waals surface area contributed by atoms with Gasteiger partial charge in [0.05, 0.1) is 7.11 Å². The van der Waals surface area contributed by atoms with E-state index in [1.54, 1.807) is 7.11 Å². The van der Waals surface area contributed by atoms with E-state index in [4.69, 9.17) is 9.84 Å². The van der Waals surface area contributed by atoms with E-state index in [0.29, 0.717) is 12.6 Å². The highest BCUT2D eigenvalue weighted by Crippen LogP contribution is 2.28. The summed E-state index contributed by atoms with van der Waals surface area (Å²) in [5.74, 6) is 0.980. The molecule has 2 rings (SSSR count). The second-order valence-corrected chi connectivity index (χ2v) is 6.30. The van der Waals surface area contributed by atoms with Crippen molar-refractivity contribution in [3.05, 3.63) is 29.3 Å². The van der Waals surface area contributed by atoms with Crippen LogP contribution in [0.1, 0.15) is 50.2 Å². The van der Waals surface area contributed by atoms with Gasteiger partial charge in [-0.3, -0.25) is 0 Å². The van der Waals surface area contributed by atoms with Gasteiger partial charge < -0.3 is 14.7 Å².